The average molecular weight is 277 g/mol. The molecule has 0 amide bonds. The Kier molecular flexibility index (Phi) is 8.11. The summed E-state index contributed by atoms with van der Waals surface area (Å²) < 4.78 is 10.4. The van der Waals surface area contributed by atoms with Crippen LogP contribution in [0.4, 0.5) is 0 Å². The SMILES string of the molecule is CCCCOc1ccc(/C=N/CCC(=O)OCC)cc1. The number of hydrogen-bond donors (Lipinski definition) is 0. The Morgan fingerprint density at radius 1 is 1.25 bits per heavy atom. The highest BCUT2D eigenvalue weighted by molar-refractivity contribution is 5.80. The van der Waals surface area contributed by atoms with Gasteiger partial charge in [-0.3, -0.25) is 9.79 Å². The van der Waals surface area contributed by atoms with E-state index in [0.717, 1.165) is 30.8 Å². The predicted octanol–water partition coefficient (Wildman–Crippen LogP) is 3.24. The van der Waals surface area contributed by atoms with Gasteiger partial charge < -0.3 is 9.47 Å². The lowest BCUT2D eigenvalue weighted by Crippen LogP contribution is -2.05. The van der Waals surface area contributed by atoms with Crippen LogP contribution in [0, 0.1) is 0 Å². The lowest BCUT2D eigenvalue weighted by Gasteiger charge is -2.04. The number of benzene rings is 1. The molecule has 0 atom stereocenters. The van der Waals surface area contributed by atoms with Crippen LogP contribution in [0.1, 0.15) is 38.7 Å². The van der Waals surface area contributed by atoms with Crippen LogP contribution in [0.15, 0.2) is 29.3 Å². The zero-order valence-corrected chi connectivity index (χ0v) is 12.3. The van der Waals surface area contributed by atoms with Crippen molar-refractivity contribution in [1.29, 1.82) is 0 Å². The highest BCUT2D eigenvalue weighted by atomic mass is 16.5. The molecule has 0 heterocycles. The fraction of sp³-hybridized carbons (Fsp3) is 0.500. The molecule has 4 nitrogen and oxygen atoms in total. The van der Waals surface area contributed by atoms with Crippen LogP contribution in [0.5, 0.6) is 5.75 Å². The summed E-state index contributed by atoms with van der Waals surface area (Å²) in [6.45, 7) is 5.56. The Balaban J connectivity index is 2.31. The van der Waals surface area contributed by atoms with Crippen LogP contribution in [-0.4, -0.2) is 31.9 Å². The van der Waals surface area contributed by atoms with Crippen molar-refractivity contribution in [3.05, 3.63) is 29.8 Å². The van der Waals surface area contributed by atoms with Crippen molar-refractivity contribution in [3.63, 3.8) is 0 Å². The van der Waals surface area contributed by atoms with E-state index in [1.165, 1.54) is 0 Å². The molecule has 0 aliphatic carbocycles. The lowest BCUT2D eigenvalue weighted by molar-refractivity contribution is -0.142. The molecule has 0 bridgehead atoms. The third kappa shape index (κ3) is 6.92. The monoisotopic (exact) mass is 277 g/mol. The molecule has 1 aromatic rings. The van der Waals surface area contributed by atoms with Crippen LogP contribution in [0.25, 0.3) is 0 Å². The van der Waals surface area contributed by atoms with Gasteiger partial charge in [-0.05, 0) is 43.2 Å². The molecule has 0 N–H and O–H groups in total. The maximum absolute atomic E-state index is 11.1. The molecule has 0 spiro atoms. The Labute approximate surface area is 120 Å². The van der Waals surface area contributed by atoms with Gasteiger partial charge in [0.05, 0.1) is 19.6 Å². The minimum Gasteiger partial charge on any atom is -0.494 e. The minimum atomic E-state index is -0.204. The van der Waals surface area contributed by atoms with Crippen LogP contribution in [0.3, 0.4) is 0 Å². The van der Waals surface area contributed by atoms with Crippen molar-refractivity contribution >= 4 is 12.2 Å². The summed E-state index contributed by atoms with van der Waals surface area (Å²) in [4.78, 5) is 15.3. The molecule has 0 radical (unpaired) electrons. The second-order valence-corrected chi connectivity index (χ2v) is 4.36. The number of carbonyl (C=O) groups is 1. The maximum atomic E-state index is 11.1. The number of aliphatic imine (C=N–C) groups is 1. The average Bonchev–Trinajstić information content (AvgIpc) is 2.46. The fourth-order valence-electron chi connectivity index (χ4n) is 1.54. The van der Waals surface area contributed by atoms with Crippen LogP contribution in [-0.2, 0) is 9.53 Å². The third-order valence-electron chi connectivity index (χ3n) is 2.64. The first-order valence-corrected chi connectivity index (χ1v) is 7.14. The molecule has 1 rings (SSSR count). The maximum Gasteiger partial charge on any atom is 0.307 e. The predicted molar refractivity (Wildman–Crippen MR) is 80.6 cm³/mol. The summed E-state index contributed by atoms with van der Waals surface area (Å²) in [6.07, 6.45) is 4.28. The van der Waals surface area contributed by atoms with Crippen molar-refractivity contribution in [2.75, 3.05) is 19.8 Å². The van der Waals surface area contributed by atoms with Gasteiger partial charge in [0.15, 0.2) is 0 Å². The molecule has 0 aromatic heterocycles. The van der Waals surface area contributed by atoms with E-state index >= 15 is 0 Å². The van der Waals surface area contributed by atoms with E-state index in [1.54, 1.807) is 13.1 Å². The topological polar surface area (TPSA) is 47.9 Å². The molecule has 0 saturated carbocycles. The summed E-state index contributed by atoms with van der Waals surface area (Å²) in [5.41, 5.74) is 0.997. The molecule has 4 heteroatoms. The number of nitrogens with zero attached hydrogens (tertiary/aromatic N) is 1. The zero-order chi connectivity index (χ0) is 14.6. The van der Waals surface area contributed by atoms with Crippen LogP contribution >= 0.6 is 0 Å². The van der Waals surface area contributed by atoms with Crippen LogP contribution in [0.2, 0.25) is 0 Å². The normalized spacial score (nSPS) is 10.7. The van der Waals surface area contributed by atoms with Crippen molar-refractivity contribution in [3.8, 4) is 5.75 Å². The molecule has 1 aromatic carbocycles. The number of unbranched alkanes of at least 4 members (excludes halogenated alkanes) is 1. The molecule has 0 fully saturated rings. The molecular formula is C16H23NO3. The standard InChI is InChI=1S/C16H23NO3/c1-3-5-12-20-15-8-6-14(7-9-15)13-17-11-10-16(18)19-4-2/h6-9,13H,3-5,10-12H2,1-2H3/b17-13+. The van der Waals surface area contributed by atoms with E-state index in [2.05, 4.69) is 11.9 Å². The second-order valence-electron chi connectivity index (χ2n) is 4.36. The van der Waals surface area contributed by atoms with Gasteiger partial charge in [-0.2, -0.15) is 0 Å². The highest BCUT2D eigenvalue weighted by Gasteiger charge is 1.98. The van der Waals surface area contributed by atoms with E-state index < -0.39 is 0 Å². The smallest absolute Gasteiger partial charge is 0.307 e. The van der Waals surface area contributed by atoms with Crippen molar-refractivity contribution in [1.82, 2.24) is 0 Å². The highest BCUT2D eigenvalue weighted by Crippen LogP contribution is 2.11. The largest absolute Gasteiger partial charge is 0.494 e. The summed E-state index contributed by atoms with van der Waals surface area (Å²) in [7, 11) is 0. The Bertz CT molecular complexity index is 412. The molecule has 110 valence electrons. The third-order valence-corrected chi connectivity index (χ3v) is 2.64. The first-order valence-electron chi connectivity index (χ1n) is 7.14. The summed E-state index contributed by atoms with van der Waals surface area (Å²) in [5, 5.41) is 0. The van der Waals surface area contributed by atoms with Gasteiger partial charge in [0, 0.05) is 12.8 Å². The van der Waals surface area contributed by atoms with Crippen molar-refractivity contribution < 1.29 is 14.3 Å². The van der Waals surface area contributed by atoms with Gasteiger partial charge in [-0.15, -0.1) is 0 Å². The second kappa shape index (κ2) is 10.0. The summed E-state index contributed by atoms with van der Waals surface area (Å²) >= 11 is 0. The van der Waals surface area contributed by atoms with E-state index in [1.807, 2.05) is 24.3 Å². The van der Waals surface area contributed by atoms with Crippen molar-refractivity contribution in [2.45, 2.75) is 33.1 Å². The first kappa shape index (κ1) is 16.2. The fourth-order valence-corrected chi connectivity index (χ4v) is 1.54. The van der Waals surface area contributed by atoms with Gasteiger partial charge in [0.2, 0.25) is 0 Å². The van der Waals surface area contributed by atoms with Gasteiger partial charge in [0.25, 0.3) is 0 Å². The Hall–Kier alpha value is -1.84. The molecule has 0 saturated heterocycles. The number of ether oxygens (including phenoxy) is 2. The Morgan fingerprint density at radius 3 is 2.65 bits per heavy atom. The lowest BCUT2D eigenvalue weighted by atomic mass is 10.2. The quantitative estimate of drug-likeness (QED) is 0.395. The van der Waals surface area contributed by atoms with E-state index in [9.17, 15) is 4.79 Å². The molecule has 0 unspecified atom stereocenters. The van der Waals surface area contributed by atoms with E-state index in [4.69, 9.17) is 9.47 Å². The Morgan fingerprint density at radius 2 is 2.00 bits per heavy atom. The van der Waals surface area contributed by atoms with Gasteiger partial charge in [0.1, 0.15) is 5.75 Å². The number of carbonyl (C=O) groups excluding carboxylic acids is 1. The number of esters is 1. The first-order chi connectivity index (χ1) is 9.76. The molecule has 0 aliphatic heterocycles. The number of rotatable bonds is 9. The van der Waals surface area contributed by atoms with Gasteiger partial charge in [-0.25, -0.2) is 0 Å². The molecular weight excluding hydrogens is 254 g/mol. The molecule has 20 heavy (non-hydrogen) atoms. The van der Waals surface area contributed by atoms with Crippen molar-refractivity contribution in [2.24, 2.45) is 4.99 Å². The van der Waals surface area contributed by atoms with Crippen LogP contribution < -0.4 is 4.74 Å². The van der Waals surface area contributed by atoms with E-state index in [0.29, 0.717) is 19.6 Å². The summed E-state index contributed by atoms with van der Waals surface area (Å²) in [6, 6.07) is 7.77. The van der Waals surface area contributed by atoms with Gasteiger partial charge >= 0.3 is 5.97 Å². The van der Waals surface area contributed by atoms with Gasteiger partial charge in [-0.1, -0.05) is 13.3 Å². The summed E-state index contributed by atoms with van der Waals surface area (Å²) in [5.74, 6) is 0.673. The minimum absolute atomic E-state index is 0.204. The zero-order valence-electron chi connectivity index (χ0n) is 12.3. The molecule has 0 aliphatic rings. The number of hydrogen-bond acceptors (Lipinski definition) is 4. The van der Waals surface area contributed by atoms with E-state index in [-0.39, 0.29) is 5.97 Å².